The SMILES string of the molecule is CO[C@H]1O[C@H](C)[C@@H](OS(C)(=O)=O)C[C@H]1N=[N+]=[N-]. The minimum Gasteiger partial charge on any atom is -0.355 e. The molecule has 1 saturated heterocycles. The van der Waals surface area contributed by atoms with Crippen LogP contribution in [0.2, 0.25) is 0 Å². The molecule has 8 nitrogen and oxygen atoms in total. The zero-order valence-corrected chi connectivity index (χ0v) is 10.6. The van der Waals surface area contributed by atoms with Gasteiger partial charge in [-0.05, 0) is 18.9 Å². The number of ether oxygens (including phenoxy) is 2. The minimum absolute atomic E-state index is 0.233. The highest BCUT2D eigenvalue weighted by Crippen LogP contribution is 2.26. The Morgan fingerprint density at radius 3 is 2.65 bits per heavy atom. The molecule has 1 aliphatic rings. The molecule has 4 atom stereocenters. The largest absolute Gasteiger partial charge is 0.355 e. The monoisotopic (exact) mass is 265 g/mol. The van der Waals surface area contributed by atoms with E-state index in [9.17, 15) is 8.42 Å². The molecule has 17 heavy (non-hydrogen) atoms. The van der Waals surface area contributed by atoms with Gasteiger partial charge < -0.3 is 9.47 Å². The molecule has 0 N–H and O–H groups in total. The topological polar surface area (TPSA) is 111 Å². The van der Waals surface area contributed by atoms with Crippen molar-refractivity contribution < 1.29 is 22.1 Å². The lowest BCUT2D eigenvalue weighted by molar-refractivity contribution is -0.209. The predicted octanol–water partition coefficient (Wildman–Crippen LogP) is 0.791. The third-order valence-electron chi connectivity index (χ3n) is 2.39. The van der Waals surface area contributed by atoms with Crippen LogP contribution in [0.4, 0.5) is 0 Å². The van der Waals surface area contributed by atoms with Crippen molar-refractivity contribution in [3.63, 3.8) is 0 Å². The maximum atomic E-state index is 11.0. The van der Waals surface area contributed by atoms with Crippen LogP contribution < -0.4 is 0 Å². The van der Waals surface area contributed by atoms with Gasteiger partial charge in [0, 0.05) is 12.0 Å². The van der Waals surface area contributed by atoms with E-state index >= 15 is 0 Å². The molecule has 0 radical (unpaired) electrons. The Hall–Kier alpha value is -0.860. The first kappa shape index (κ1) is 14.2. The van der Waals surface area contributed by atoms with Gasteiger partial charge >= 0.3 is 0 Å². The van der Waals surface area contributed by atoms with Crippen molar-refractivity contribution in [2.24, 2.45) is 5.11 Å². The molecule has 0 aromatic carbocycles. The number of methoxy groups -OCH3 is 1. The zero-order valence-electron chi connectivity index (χ0n) is 9.81. The van der Waals surface area contributed by atoms with Gasteiger partial charge in [0.2, 0.25) is 0 Å². The van der Waals surface area contributed by atoms with Crippen molar-refractivity contribution in [3.8, 4) is 0 Å². The van der Waals surface area contributed by atoms with E-state index < -0.39 is 34.7 Å². The second kappa shape index (κ2) is 5.65. The molecular weight excluding hydrogens is 250 g/mol. The van der Waals surface area contributed by atoms with Gasteiger partial charge in [-0.25, -0.2) is 0 Å². The molecule has 9 heteroatoms. The lowest BCUT2D eigenvalue weighted by Gasteiger charge is -2.36. The molecule has 1 aliphatic heterocycles. The van der Waals surface area contributed by atoms with E-state index in [1.807, 2.05) is 0 Å². The van der Waals surface area contributed by atoms with Crippen molar-refractivity contribution in [1.82, 2.24) is 0 Å². The molecule has 1 rings (SSSR count). The number of nitrogens with zero attached hydrogens (tertiary/aromatic N) is 3. The van der Waals surface area contributed by atoms with Crippen LogP contribution in [-0.4, -0.2) is 46.3 Å². The van der Waals surface area contributed by atoms with Crippen LogP contribution in [0.3, 0.4) is 0 Å². The van der Waals surface area contributed by atoms with Crippen LogP contribution in [0.25, 0.3) is 10.4 Å². The molecular formula is C8H15N3O5S. The molecule has 0 aliphatic carbocycles. The number of rotatable bonds is 4. The lowest BCUT2D eigenvalue weighted by Crippen LogP contribution is -2.47. The van der Waals surface area contributed by atoms with Crippen LogP contribution in [-0.2, 0) is 23.8 Å². The standard InChI is InChI=1S/C8H15N3O5S/c1-5-7(16-17(3,12)13)4-6(10-11-9)8(14-2)15-5/h5-8H,4H2,1-3H3/t5-,6-,7+,8+/m1/s1. The van der Waals surface area contributed by atoms with E-state index in [0.717, 1.165) is 6.26 Å². The average Bonchev–Trinajstić information content (AvgIpc) is 2.21. The van der Waals surface area contributed by atoms with E-state index in [1.165, 1.54) is 7.11 Å². The van der Waals surface area contributed by atoms with Crippen LogP contribution in [0.1, 0.15) is 13.3 Å². The first-order chi connectivity index (χ1) is 7.87. The number of hydrogen-bond acceptors (Lipinski definition) is 6. The van der Waals surface area contributed by atoms with E-state index in [-0.39, 0.29) is 6.42 Å². The highest BCUT2D eigenvalue weighted by molar-refractivity contribution is 7.86. The van der Waals surface area contributed by atoms with Crippen molar-refractivity contribution in [2.75, 3.05) is 13.4 Å². The van der Waals surface area contributed by atoms with Crippen molar-refractivity contribution in [3.05, 3.63) is 10.4 Å². The molecule has 0 bridgehead atoms. The molecule has 98 valence electrons. The summed E-state index contributed by atoms with van der Waals surface area (Å²) in [6, 6.07) is -0.604. The van der Waals surface area contributed by atoms with Gasteiger partial charge in [0.25, 0.3) is 10.1 Å². The molecule has 0 unspecified atom stereocenters. The summed E-state index contributed by atoms with van der Waals surface area (Å²) in [4.78, 5) is 2.67. The second-order valence-corrected chi connectivity index (χ2v) is 5.39. The molecule has 0 saturated carbocycles. The van der Waals surface area contributed by atoms with E-state index in [4.69, 9.17) is 19.2 Å². The van der Waals surface area contributed by atoms with Crippen molar-refractivity contribution in [2.45, 2.75) is 37.9 Å². The van der Waals surface area contributed by atoms with Gasteiger partial charge in [0.05, 0.1) is 18.4 Å². The van der Waals surface area contributed by atoms with Gasteiger partial charge in [-0.3, -0.25) is 4.18 Å². The Morgan fingerprint density at radius 1 is 1.53 bits per heavy atom. The Kier molecular flexibility index (Phi) is 4.72. The molecule has 0 aromatic rings. The average molecular weight is 265 g/mol. The fourth-order valence-corrected chi connectivity index (χ4v) is 2.34. The van der Waals surface area contributed by atoms with Crippen molar-refractivity contribution in [1.29, 1.82) is 0 Å². The van der Waals surface area contributed by atoms with Crippen LogP contribution >= 0.6 is 0 Å². The predicted molar refractivity (Wildman–Crippen MR) is 58.6 cm³/mol. The maximum absolute atomic E-state index is 11.0. The van der Waals surface area contributed by atoms with Gasteiger partial charge in [-0.1, -0.05) is 5.11 Å². The second-order valence-electron chi connectivity index (χ2n) is 3.79. The Balaban J connectivity index is 2.79. The van der Waals surface area contributed by atoms with Crippen LogP contribution in [0, 0.1) is 0 Å². The fourth-order valence-electron chi connectivity index (χ4n) is 1.65. The third-order valence-corrected chi connectivity index (χ3v) is 2.99. The van der Waals surface area contributed by atoms with Crippen LogP contribution in [0.15, 0.2) is 5.11 Å². The smallest absolute Gasteiger partial charge is 0.264 e. The van der Waals surface area contributed by atoms with E-state index in [0.29, 0.717) is 0 Å². The number of hydrogen-bond donors (Lipinski definition) is 0. The zero-order chi connectivity index (χ0) is 13.1. The highest BCUT2D eigenvalue weighted by atomic mass is 32.2. The molecule has 0 amide bonds. The van der Waals surface area contributed by atoms with E-state index in [2.05, 4.69) is 10.0 Å². The Labute approximate surface area is 99.6 Å². The molecule has 0 spiro atoms. The third kappa shape index (κ3) is 4.14. The summed E-state index contributed by atoms with van der Waals surface area (Å²) in [7, 11) is -2.15. The summed E-state index contributed by atoms with van der Waals surface area (Å²) in [6.07, 6.45) is -0.617. The summed E-state index contributed by atoms with van der Waals surface area (Å²) in [5, 5.41) is 3.51. The quantitative estimate of drug-likeness (QED) is 0.323. The highest BCUT2D eigenvalue weighted by Gasteiger charge is 2.37. The molecule has 1 fully saturated rings. The minimum atomic E-state index is -3.57. The van der Waals surface area contributed by atoms with E-state index in [1.54, 1.807) is 6.92 Å². The van der Waals surface area contributed by atoms with Crippen LogP contribution in [0.5, 0.6) is 0 Å². The normalized spacial score (nSPS) is 34.1. The Morgan fingerprint density at radius 2 is 2.18 bits per heavy atom. The molecule has 1 heterocycles. The number of azide groups is 1. The fraction of sp³-hybridized carbons (Fsp3) is 1.00. The van der Waals surface area contributed by atoms with Gasteiger partial charge in [-0.15, -0.1) is 0 Å². The van der Waals surface area contributed by atoms with Gasteiger partial charge in [0.1, 0.15) is 6.10 Å². The van der Waals surface area contributed by atoms with Crippen molar-refractivity contribution >= 4 is 10.1 Å². The lowest BCUT2D eigenvalue weighted by atomic mass is 10.0. The summed E-state index contributed by atoms with van der Waals surface area (Å²) < 4.78 is 37.4. The first-order valence-electron chi connectivity index (χ1n) is 4.98. The summed E-state index contributed by atoms with van der Waals surface area (Å²) >= 11 is 0. The summed E-state index contributed by atoms with van der Waals surface area (Å²) in [6.45, 7) is 1.67. The summed E-state index contributed by atoms with van der Waals surface area (Å²) in [5.74, 6) is 0. The summed E-state index contributed by atoms with van der Waals surface area (Å²) in [5.41, 5.74) is 8.40. The van der Waals surface area contributed by atoms with Gasteiger partial charge in [-0.2, -0.15) is 8.42 Å². The maximum Gasteiger partial charge on any atom is 0.264 e. The van der Waals surface area contributed by atoms with Gasteiger partial charge in [0.15, 0.2) is 6.29 Å². The molecule has 0 aromatic heterocycles. The Bertz CT molecular complexity index is 405. The first-order valence-corrected chi connectivity index (χ1v) is 6.79.